The van der Waals surface area contributed by atoms with Gasteiger partial charge in [0.25, 0.3) is 5.56 Å². The number of hydrogen-bond acceptors (Lipinski definition) is 6. The molecule has 0 aliphatic rings. The van der Waals surface area contributed by atoms with Crippen LogP contribution in [-0.4, -0.2) is 24.6 Å². The van der Waals surface area contributed by atoms with Crippen molar-refractivity contribution in [2.45, 2.75) is 16.8 Å². The van der Waals surface area contributed by atoms with Crippen LogP contribution in [0.3, 0.4) is 0 Å². The van der Waals surface area contributed by atoms with Crippen molar-refractivity contribution >= 4 is 17.4 Å². The van der Waals surface area contributed by atoms with Crippen LogP contribution in [0.25, 0.3) is 0 Å². The van der Waals surface area contributed by atoms with E-state index in [1.165, 1.54) is 18.1 Å². The number of nitrogen functional groups attached to an aromatic ring is 1. The fraction of sp³-hybridized carbons (Fsp3) is 0.222. The maximum Gasteiger partial charge on any atom is 0.275 e. The third-order valence-electron chi connectivity index (χ3n) is 2.24. The molecule has 0 fully saturated rings. The lowest BCUT2D eigenvalue weighted by atomic mass is 10.5. The predicted molar refractivity (Wildman–Crippen MR) is 62.5 cm³/mol. The molecule has 0 saturated heterocycles. The van der Waals surface area contributed by atoms with Gasteiger partial charge in [0.05, 0.1) is 24.8 Å². The smallest absolute Gasteiger partial charge is 0.275 e. The molecule has 0 spiro atoms. The van der Waals surface area contributed by atoms with E-state index in [1.807, 2.05) is 0 Å². The standard InChI is InChI=1S/C9H11N5O2S/c1-14-5(3-15)2-11-9(14)17-8-6(10)7(16)12-4-13-8/h2,4,15H,3,10H2,1H3,(H,12,13,16). The summed E-state index contributed by atoms with van der Waals surface area (Å²) in [5.74, 6) is 0. The van der Waals surface area contributed by atoms with Gasteiger partial charge in [0.15, 0.2) is 5.16 Å². The van der Waals surface area contributed by atoms with Crippen LogP contribution in [-0.2, 0) is 13.7 Å². The van der Waals surface area contributed by atoms with E-state index < -0.39 is 0 Å². The van der Waals surface area contributed by atoms with Crippen LogP contribution in [0.15, 0.2) is 27.5 Å². The number of anilines is 1. The summed E-state index contributed by atoms with van der Waals surface area (Å²) in [4.78, 5) is 21.7. The van der Waals surface area contributed by atoms with Gasteiger partial charge in [-0.2, -0.15) is 0 Å². The topological polar surface area (TPSA) is 110 Å². The minimum Gasteiger partial charge on any atom is -0.392 e. The second kappa shape index (κ2) is 4.60. The summed E-state index contributed by atoms with van der Waals surface area (Å²) in [5.41, 5.74) is 5.97. The number of imidazole rings is 1. The normalized spacial score (nSPS) is 10.7. The number of nitrogens with two attached hydrogens (primary N) is 1. The summed E-state index contributed by atoms with van der Waals surface area (Å²) < 4.78 is 1.72. The molecule has 0 aliphatic carbocycles. The molecule has 90 valence electrons. The number of nitrogens with one attached hydrogen (secondary N) is 1. The first-order valence-electron chi connectivity index (χ1n) is 4.76. The molecule has 0 aromatic carbocycles. The highest BCUT2D eigenvalue weighted by atomic mass is 32.2. The maximum absolute atomic E-state index is 11.3. The first-order chi connectivity index (χ1) is 8.13. The van der Waals surface area contributed by atoms with Crippen LogP contribution in [0.5, 0.6) is 0 Å². The molecule has 0 amide bonds. The molecule has 2 aromatic heterocycles. The summed E-state index contributed by atoms with van der Waals surface area (Å²) in [7, 11) is 1.77. The van der Waals surface area contributed by atoms with Gasteiger partial charge in [0.2, 0.25) is 0 Å². The molecule has 0 bridgehead atoms. The van der Waals surface area contributed by atoms with E-state index >= 15 is 0 Å². The Morgan fingerprint density at radius 3 is 3.00 bits per heavy atom. The minimum atomic E-state index is -0.376. The Hall–Kier alpha value is -1.80. The van der Waals surface area contributed by atoms with Gasteiger partial charge in [-0.1, -0.05) is 0 Å². The van der Waals surface area contributed by atoms with Crippen molar-refractivity contribution in [1.29, 1.82) is 0 Å². The van der Waals surface area contributed by atoms with Crippen molar-refractivity contribution in [3.8, 4) is 0 Å². The third-order valence-corrected chi connectivity index (χ3v) is 3.32. The highest BCUT2D eigenvalue weighted by molar-refractivity contribution is 7.99. The molecule has 0 unspecified atom stereocenters. The van der Waals surface area contributed by atoms with Crippen molar-refractivity contribution in [2.75, 3.05) is 5.73 Å². The van der Waals surface area contributed by atoms with E-state index in [0.29, 0.717) is 15.9 Å². The molecule has 17 heavy (non-hydrogen) atoms. The average molecular weight is 253 g/mol. The van der Waals surface area contributed by atoms with E-state index in [2.05, 4.69) is 15.0 Å². The Morgan fingerprint density at radius 2 is 2.35 bits per heavy atom. The molecule has 0 atom stereocenters. The third kappa shape index (κ3) is 2.17. The number of nitrogens with zero attached hydrogens (tertiary/aromatic N) is 3. The summed E-state index contributed by atoms with van der Waals surface area (Å²) in [6, 6.07) is 0. The van der Waals surface area contributed by atoms with Gasteiger partial charge in [-0.15, -0.1) is 0 Å². The van der Waals surface area contributed by atoms with E-state index in [0.717, 1.165) is 0 Å². The van der Waals surface area contributed by atoms with Gasteiger partial charge in [-0.05, 0) is 11.8 Å². The van der Waals surface area contributed by atoms with Crippen LogP contribution in [0, 0.1) is 0 Å². The highest BCUT2D eigenvalue weighted by Crippen LogP contribution is 2.27. The molecule has 2 aromatic rings. The van der Waals surface area contributed by atoms with Crippen molar-refractivity contribution in [1.82, 2.24) is 19.5 Å². The Morgan fingerprint density at radius 1 is 1.59 bits per heavy atom. The number of H-pyrrole nitrogens is 1. The molecule has 0 aliphatic heterocycles. The van der Waals surface area contributed by atoms with Gasteiger partial charge in [0, 0.05) is 7.05 Å². The highest BCUT2D eigenvalue weighted by Gasteiger charge is 2.11. The molecule has 8 heteroatoms. The zero-order valence-corrected chi connectivity index (χ0v) is 9.86. The summed E-state index contributed by atoms with van der Waals surface area (Å²) in [6.07, 6.45) is 2.85. The summed E-state index contributed by atoms with van der Waals surface area (Å²) >= 11 is 1.18. The number of aliphatic hydroxyl groups excluding tert-OH is 1. The lowest BCUT2D eigenvalue weighted by Crippen LogP contribution is -2.13. The Bertz CT molecular complexity index is 591. The number of rotatable bonds is 3. The molecular weight excluding hydrogens is 242 g/mol. The van der Waals surface area contributed by atoms with Gasteiger partial charge < -0.3 is 20.4 Å². The lowest BCUT2D eigenvalue weighted by molar-refractivity contribution is 0.271. The zero-order valence-electron chi connectivity index (χ0n) is 9.04. The van der Waals surface area contributed by atoms with Crippen LogP contribution in [0.2, 0.25) is 0 Å². The van der Waals surface area contributed by atoms with E-state index in [4.69, 9.17) is 10.8 Å². The van der Waals surface area contributed by atoms with Crippen LogP contribution in [0.1, 0.15) is 5.69 Å². The quantitative estimate of drug-likeness (QED) is 0.649. The maximum atomic E-state index is 11.3. The fourth-order valence-electron chi connectivity index (χ4n) is 1.23. The Balaban J connectivity index is 2.35. The molecule has 7 nitrogen and oxygen atoms in total. The molecule has 2 rings (SSSR count). The molecule has 0 saturated carbocycles. The van der Waals surface area contributed by atoms with Crippen LogP contribution < -0.4 is 11.3 Å². The van der Waals surface area contributed by atoms with Gasteiger partial charge >= 0.3 is 0 Å². The first kappa shape index (κ1) is 11.7. The molecule has 2 heterocycles. The van der Waals surface area contributed by atoms with Crippen molar-refractivity contribution < 1.29 is 5.11 Å². The Kier molecular flexibility index (Phi) is 3.16. The van der Waals surface area contributed by atoms with Crippen molar-refractivity contribution in [3.63, 3.8) is 0 Å². The van der Waals surface area contributed by atoms with Crippen LogP contribution in [0.4, 0.5) is 5.69 Å². The zero-order chi connectivity index (χ0) is 12.4. The van der Waals surface area contributed by atoms with Crippen molar-refractivity contribution in [2.24, 2.45) is 7.05 Å². The first-order valence-corrected chi connectivity index (χ1v) is 5.57. The average Bonchev–Trinajstić information content (AvgIpc) is 2.66. The van der Waals surface area contributed by atoms with E-state index in [9.17, 15) is 4.79 Å². The predicted octanol–water partition coefficient (Wildman–Crippen LogP) is -0.271. The Labute approximate surface area is 101 Å². The minimum absolute atomic E-state index is 0.0612. The summed E-state index contributed by atoms with van der Waals surface area (Å²) in [6.45, 7) is -0.0949. The number of aromatic nitrogens is 4. The summed E-state index contributed by atoms with van der Waals surface area (Å²) in [5, 5.41) is 10.0. The van der Waals surface area contributed by atoms with Gasteiger partial charge in [-0.3, -0.25) is 4.79 Å². The monoisotopic (exact) mass is 253 g/mol. The number of aliphatic hydroxyl groups is 1. The van der Waals surface area contributed by atoms with Crippen LogP contribution >= 0.6 is 11.8 Å². The van der Waals surface area contributed by atoms with E-state index in [-0.39, 0.29) is 17.9 Å². The largest absolute Gasteiger partial charge is 0.392 e. The second-order valence-corrected chi connectivity index (χ2v) is 4.26. The lowest BCUT2D eigenvalue weighted by Gasteiger charge is -2.04. The van der Waals surface area contributed by atoms with Gasteiger partial charge in [0.1, 0.15) is 10.7 Å². The van der Waals surface area contributed by atoms with Gasteiger partial charge in [-0.25, -0.2) is 9.97 Å². The van der Waals surface area contributed by atoms with E-state index in [1.54, 1.807) is 17.8 Å². The van der Waals surface area contributed by atoms with Crippen molar-refractivity contribution in [3.05, 3.63) is 28.6 Å². The molecule has 4 N–H and O–H groups in total. The number of hydrogen-bond donors (Lipinski definition) is 3. The SMILES string of the molecule is Cn1c(CO)cnc1Sc1nc[nH]c(=O)c1N. The fourth-order valence-corrected chi connectivity index (χ4v) is 2.07. The number of aromatic amines is 1. The molecule has 0 radical (unpaired) electrons. The molecular formula is C9H11N5O2S. The second-order valence-electron chi connectivity index (χ2n) is 3.30.